The van der Waals surface area contributed by atoms with Crippen LogP contribution in [0, 0.1) is 0 Å². The summed E-state index contributed by atoms with van der Waals surface area (Å²) in [5.74, 6) is -0.540. The van der Waals surface area contributed by atoms with Crippen LogP contribution in [0.15, 0.2) is 0 Å². The number of hydrogen-bond donors (Lipinski definition) is 1. The molecule has 90 valence electrons. The van der Waals surface area contributed by atoms with Gasteiger partial charge >= 0.3 is 5.97 Å². The lowest BCUT2D eigenvalue weighted by atomic mass is 10.3. The number of carbonyl (C=O) groups excluding carboxylic acids is 1. The molecular formula is C9H15N3O4. The second kappa shape index (κ2) is 6.19. The quantitative estimate of drug-likeness (QED) is 0.667. The monoisotopic (exact) mass is 229 g/mol. The fourth-order valence-electron chi connectivity index (χ4n) is 1.27. The molecule has 1 N–H and O–H groups in total. The summed E-state index contributed by atoms with van der Waals surface area (Å²) in [6.07, 6.45) is 0.542. The molecule has 1 aromatic heterocycles. The fourth-order valence-corrected chi connectivity index (χ4v) is 1.27. The summed E-state index contributed by atoms with van der Waals surface area (Å²) in [6, 6.07) is 0. The van der Waals surface area contributed by atoms with E-state index in [1.807, 2.05) is 0 Å². The van der Waals surface area contributed by atoms with Crippen molar-refractivity contribution in [2.45, 2.75) is 19.6 Å². The standard InChI is InChI=1S/C9H15N3O4/c1-15-6-7-8(9(14)16-2)10-11-12(7)4-3-5-13/h13H,3-6H2,1-2H3. The molecule has 0 aliphatic heterocycles. The number of ether oxygens (including phenoxy) is 2. The molecule has 0 fully saturated rings. The first-order valence-corrected chi connectivity index (χ1v) is 4.85. The average Bonchev–Trinajstić information content (AvgIpc) is 2.69. The molecule has 7 heteroatoms. The minimum atomic E-state index is -0.540. The minimum absolute atomic E-state index is 0.0554. The maximum absolute atomic E-state index is 11.4. The van der Waals surface area contributed by atoms with Crippen LogP contribution in [-0.2, 0) is 22.6 Å². The van der Waals surface area contributed by atoms with Gasteiger partial charge in [0.05, 0.1) is 19.4 Å². The summed E-state index contributed by atoms with van der Waals surface area (Å²) in [4.78, 5) is 11.4. The van der Waals surface area contributed by atoms with Gasteiger partial charge in [0.15, 0.2) is 5.69 Å². The Kier molecular flexibility index (Phi) is 4.87. The zero-order chi connectivity index (χ0) is 12.0. The molecule has 0 amide bonds. The Balaban J connectivity index is 2.92. The van der Waals surface area contributed by atoms with Gasteiger partial charge in [0.1, 0.15) is 0 Å². The van der Waals surface area contributed by atoms with E-state index in [2.05, 4.69) is 15.0 Å². The largest absolute Gasteiger partial charge is 0.464 e. The van der Waals surface area contributed by atoms with Crippen LogP contribution in [0.5, 0.6) is 0 Å². The van der Waals surface area contributed by atoms with Gasteiger partial charge in [0, 0.05) is 20.3 Å². The van der Waals surface area contributed by atoms with E-state index in [4.69, 9.17) is 9.84 Å². The predicted molar refractivity (Wildman–Crippen MR) is 53.8 cm³/mol. The van der Waals surface area contributed by atoms with Gasteiger partial charge in [-0.1, -0.05) is 5.21 Å². The van der Waals surface area contributed by atoms with Crippen LogP contribution in [0.25, 0.3) is 0 Å². The molecule has 7 nitrogen and oxygen atoms in total. The van der Waals surface area contributed by atoms with Crippen molar-refractivity contribution < 1.29 is 19.4 Å². The van der Waals surface area contributed by atoms with Gasteiger partial charge in [0.25, 0.3) is 0 Å². The molecule has 0 spiro atoms. The maximum Gasteiger partial charge on any atom is 0.360 e. The van der Waals surface area contributed by atoms with Crippen LogP contribution >= 0.6 is 0 Å². The first-order chi connectivity index (χ1) is 7.74. The summed E-state index contributed by atoms with van der Waals surface area (Å²) in [7, 11) is 2.80. The number of aryl methyl sites for hydroxylation is 1. The van der Waals surface area contributed by atoms with Crippen molar-refractivity contribution in [1.29, 1.82) is 0 Å². The van der Waals surface area contributed by atoms with Crippen molar-refractivity contribution >= 4 is 5.97 Å². The molecule has 1 rings (SSSR count). The van der Waals surface area contributed by atoms with Crippen molar-refractivity contribution in [2.75, 3.05) is 20.8 Å². The summed E-state index contributed by atoms with van der Waals surface area (Å²) >= 11 is 0. The highest BCUT2D eigenvalue weighted by Crippen LogP contribution is 2.09. The Bertz CT molecular complexity index is 351. The fraction of sp³-hybridized carbons (Fsp3) is 0.667. The minimum Gasteiger partial charge on any atom is -0.464 e. The van der Waals surface area contributed by atoms with Crippen LogP contribution in [0.1, 0.15) is 22.6 Å². The van der Waals surface area contributed by atoms with Crippen LogP contribution < -0.4 is 0 Å². The number of methoxy groups -OCH3 is 2. The van der Waals surface area contributed by atoms with Crippen LogP contribution in [0.2, 0.25) is 0 Å². The molecule has 0 aromatic carbocycles. The second-order valence-corrected chi connectivity index (χ2v) is 3.11. The molecule has 0 atom stereocenters. The van der Waals surface area contributed by atoms with Crippen molar-refractivity contribution in [3.05, 3.63) is 11.4 Å². The number of esters is 1. The number of carbonyl (C=O) groups is 1. The third-order valence-electron chi connectivity index (χ3n) is 2.03. The first-order valence-electron chi connectivity index (χ1n) is 4.85. The van der Waals surface area contributed by atoms with Gasteiger partial charge in [-0.05, 0) is 6.42 Å². The first kappa shape index (κ1) is 12.6. The van der Waals surface area contributed by atoms with Gasteiger partial charge in [-0.15, -0.1) is 5.10 Å². The number of hydrogen-bond acceptors (Lipinski definition) is 6. The van der Waals surface area contributed by atoms with Gasteiger partial charge in [-0.2, -0.15) is 0 Å². The average molecular weight is 229 g/mol. The topological polar surface area (TPSA) is 86.5 Å². The van der Waals surface area contributed by atoms with E-state index in [0.717, 1.165) is 0 Å². The Hall–Kier alpha value is -1.47. The molecule has 0 saturated carbocycles. The van der Waals surface area contributed by atoms with Gasteiger partial charge in [0.2, 0.25) is 0 Å². The van der Waals surface area contributed by atoms with E-state index in [1.54, 1.807) is 0 Å². The van der Waals surface area contributed by atoms with Gasteiger partial charge in [-0.3, -0.25) is 0 Å². The van der Waals surface area contributed by atoms with E-state index in [9.17, 15) is 4.79 Å². The molecule has 0 radical (unpaired) electrons. The highest BCUT2D eigenvalue weighted by atomic mass is 16.5. The lowest BCUT2D eigenvalue weighted by molar-refractivity contribution is 0.0588. The summed E-state index contributed by atoms with van der Waals surface area (Å²) in [5, 5.41) is 16.3. The van der Waals surface area contributed by atoms with E-state index in [1.165, 1.54) is 18.9 Å². The Labute approximate surface area is 93.0 Å². The Morgan fingerprint density at radius 2 is 2.25 bits per heavy atom. The normalized spacial score (nSPS) is 10.4. The smallest absolute Gasteiger partial charge is 0.360 e. The SMILES string of the molecule is COCc1c(C(=O)OC)nnn1CCCO. The van der Waals surface area contributed by atoms with Crippen LogP contribution in [0.4, 0.5) is 0 Å². The third kappa shape index (κ3) is 2.77. The highest BCUT2D eigenvalue weighted by Gasteiger charge is 2.19. The summed E-state index contributed by atoms with van der Waals surface area (Å²) < 4.78 is 11.1. The summed E-state index contributed by atoms with van der Waals surface area (Å²) in [5.41, 5.74) is 0.713. The predicted octanol–water partition coefficient (Wildman–Crippen LogP) is -0.407. The maximum atomic E-state index is 11.4. The number of aromatic nitrogens is 3. The van der Waals surface area contributed by atoms with E-state index >= 15 is 0 Å². The van der Waals surface area contributed by atoms with Crippen molar-refractivity contribution in [1.82, 2.24) is 15.0 Å². The van der Waals surface area contributed by atoms with Gasteiger partial charge < -0.3 is 14.6 Å². The third-order valence-corrected chi connectivity index (χ3v) is 2.03. The van der Waals surface area contributed by atoms with Crippen molar-refractivity contribution in [3.63, 3.8) is 0 Å². The molecule has 0 saturated heterocycles. The van der Waals surface area contributed by atoms with E-state index in [0.29, 0.717) is 18.7 Å². The molecular weight excluding hydrogens is 214 g/mol. The molecule has 0 aliphatic rings. The molecule has 1 aromatic rings. The van der Waals surface area contributed by atoms with E-state index in [-0.39, 0.29) is 18.9 Å². The highest BCUT2D eigenvalue weighted by molar-refractivity contribution is 5.88. The number of aliphatic hydroxyl groups excluding tert-OH is 1. The second-order valence-electron chi connectivity index (χ2n) is 3.11. The molecule has 0 aliphatic carbocycles. The lowest BCUT2D eigenvalue weighted by Crippen LogP contribution is -2.11. The Morgan fingerprint density at radius 3 is 2.81 bits per heavy atom. The molecule has 16 heavy (non-hydrogen) atoms. The van der Waals surface area contributed by atoms with E-state index < -0.39 is 5.97 Å². The van der Waals surface area contributed by atoms with Crippen molar-refractivity contribution in [3.8, 4) is 0 Å². The van der Waals surface area contributed by atoms with Gasteiger partial charge in [-0.25, -0.2) is 9.48 Å². The molecule has 1 heterocycles. The zero-order valence-electron chi connectivity index (χ0n) is 9.34. The zero-order valence-corrected chi connectivity index (χ0v) is 9.34. The van der Waals surface area contributed by atoms with Crippen LogP contribution in [0.3, 0.4) is 0 Å². The molecule has 0 bridgehead atoms. The lowest BCUT2D eigenvalue weighted by Gasteiger charge is -2.05. The van der Waals surface area contributed by atoms with Crippen LogP contribution in [-0.4, -0.2) is 46.9 Å². The number of nitrogens with zero attached hydrogens (tertiary/aromatic N) is 3. The number of rotatable bonds is 6. The van der Waals surface area contributed by atoms with Crippen molar-refractivity contribution in [2.24, 2.45) is 0 Å². The molecule has 0 unspecified atom stereocenters. The summed E-state index contributed by atoms with van der Waals surface area (Å²) in [6.45, 7) is 0.766. The Morgan fingerprint density at radius 1 is 1.50 bits per heavy atom. The number of aliphatic hydroxyl groups is 1.